The van der Waals surface area contributed by atoms with E-state index in [0.29, 0.717) is 6.42 Å². The number of hydrogen-bond donors (Lipinski definition) is 5. The van der Waals surface area contributed by atoms with Crippen molar-refractivity contribution in [2.75, 3.05) is 12.3 Å². The molecule has 0 unspecified atom stereocenters. The second-order valence-electron chi connectivity index (χ2n) is 3.91. The number of imidazole rings is 1. The molecule has 17 heavy (non-hydrogen) atoms. The minimum absolute atomic E-state index is 0.190. The summed E-state index contributed by atoms with van der Waals surface area (Å²) in [6.07, 6.45) is -0.148. The molecule has 1 aliphatic rings. The van der Waals surface area contributed by atoms with Gasteiger partial charge >= 0.3 is 0 Å². The lowest BCUT2D eigenvalue weighted by molar-refractivity contribution is -0.0436. The Labute approximate surface area is 97.3 Å². The third-order valence-corrected chi connectivity index (χ3v) is 2.78. The Morgan fingerprint density at radius 2 is 2.41 bits per heavy atom. The number of nitrogens with zero attached hydrogens (tertiary/aromatic N) is 2. The van der Waals surface area contributed by atoms with Gasteiger partial charge in [0.15, 0.2) is 0 Å². The van der Waals surface area contributed by atoms with E-state index in [1.54, 1.807) is 0 Å². The lowest BCUT2D eigenvalue weighted by Gasteiger charge is -2.14. The topological polar surface area (TPSA) is 143 Å². The number of hydrogen-bond acceptors (Lipinski definition) is 6. The number of aliphatic hydroxyl groups is 2. The molecule has 1 aromatic heterocycles. The van der Waals surface area contributed by atoms with Crippen molar-refractivity contribution in [3.05, 3.63) is 12.0 Å². The SMILES string of the molecule is N=C(N)c1ncn([C@H]2C[C@H](O)[C@@H](CO)O2)c1N. The first-order valence-corrected chi connectivity index (χ1v) is 5.15. The molecule has 94 valence electrons. The number of ether oxygens (including phenoxy) is 1. The Balaban J connectivity index is 2.22. The molecule has 1 saturated heterocycles. The molecule has 2 rings (SSSR count). The number of aromatic nitrogens is 2. The number of rotatable bonds is 3. The van der Waals surface area contributed by atoms with Gasteiger partial charge in [-0.25, -0.2) is 4.98 Å². The Morgan fingerprint density at radius 1 is 1.71 bits per heavy atom. The smallest absolute Gasteiger partial charge is 0.147 e. The normalized spacial score (nSPS) is 28.5. The molecule has 1 aromatic rings. The Kier molecular flexibility index (Phi) is 3.01. The molecule has 0 radical (unpaired) electrons. The molecule has 7 N–H and O–H groups in total. The molecule has 8 heteroatoms. The zero-order valence-corrected chi connectivity index (χ0v) is 9.08. The van der Waals surface area contributed by atoms with Gasteiger partial charge in [-0.05, 0) is 0 Å². The van der Waals surface area contributed by atoms with Crippen LogP contribution in [0, 0.1) is 5.41 Å². The van der Waals surface area contributed by atoms with Gasteiger partial charge in [0.1, 0.15) is 29.7 Å². The molecular weight excluding hydrogens is 226 g/mol. The Morgan fingerprint density at radius 3 is 2.88 bits per heavy atom. The molecule has 0 aromatic carbocycles. The van der Waals surface area contributed by atoms with Crippen LogP contribution in [-0.4, -0.2) is 44.4 Å². The van der Waals surface area contributed by atoms with Crippen LogP contribution in [0.25, 0.3) is 0 Å². The van der Waals surface area contributed by atoms with E-state index in [1.165, 1.54) is 10.9 Å². The minimum Gasteiger partial charge on any atom is -0.394 e. The maximum Gasteiger partial charge on any atom is 0.147 e. The van der Waals surface area contributed by atoms with Crippen LogP contribution in [0.15, 0.2) is 6.33 Å². The second-order valence-corrected chi connectivity index (χ2v) is 3.91. The number of anilines is 1. The summed E-state index contributed by atoms with van der Waals surface area (Å²) < 4.78 is 6.91. The predicted octanol–water partition coefficient (Wildman–Crippen LogP) is -1.61. The van der Waals surface area contributed by atoms with E-state index in [4.69, 9.17) is 26.7 Å². The van der Waals surface area contributed by atoms with E-state index in [2.05, 4.69) is 4.98 Å². The summed E-state index contributed by atoms with van der Waals surface area (Å²) in [6.45, 7) is -0.258. The summed E-state index contributed by atoms with van der Waals surface area (Å²) in [7, 11) is 0. The summed E-state index contributed by atoms with van der Waals surface area (Å²) in [5.41, 5.74) is 11.3. The van der Waals surface area contributed by atoms with E-state index in [-0.39, 0.29) is 24.0 Å². The molecular formula is C9H15N5O3. The van der Waals surface area contributed by atoms with Gasteiger partial charge in [0.05, 0.1) is 19.0 Å². The fraction of sp³-hybridized carbons (Fsp3) is 0.556. The van der Waals surface area contributed by atoms with Crippen LogP contribution in [0.3, 0.4) is 0 Å². The van der Waals surface area contributed by atoms with Gasteiger partial charge in [0.25, 0.3) is 0 Å². The average molecular weight is 241 g/mol. The maximum atomic E-state index is 9.60. The molecule has 1 fully saturated rings. The maximum absolute atomic E-state index is 9.60. The number of amidine groups is 1. The molecule has 0 bridgehead atoms. The first-order valence-electron chi connectivity index (χ1n) is 5.15. The molecule has 1 aliphatic heterocycles. The van der Waals surface area contributed by atoms with Gasteiger partial charge in [-0.2, -0.15) is 0 Å². The van der Waals surface area contributed by atoms with Crippen LogP contribution in [0.1, 0.15) is 18.3 Å². The zero-order chi connectivity index (χ0) is 12.6. The summed E-state index contributed by atoms with van der Waals surface area (Å²) in [5.74, 6) is -0.00760. The second kappa shape index (κ2) is 4.32. The summed E-state index contributed by atoms with van der Waals surface area (Å²) >= 11 is 0. The molecule has 0 amide bonds. The lowest BCUT2D eigenvalue weighted by Crippen LogP contribution is -2.24. The molecule has 8 nitrogen and oxygen atoms in total. The van der Waals surface area contributed by atoms with Crippen LogP contribution in [0.4, 0.5) is 5.82 Å². The highest BCUT2D eigenvalue weighted by molar-refractivity contribution is 5.97. The van der Waals surface area contributed by atoms with Gasteiger partial charge in [-0.15, -0.1) is 0 Å². The van der Waals surface area contributed by atoms with Crippen LogP contribution in [0.2, 0.25) is 0 Å². The number of nitrogens with two attached hydrogens (primary N) is 2. The fourth-order valence-corrected chi connectivity index (χ4v) is 1.86. The highest BCUT2D eigenvalue weighted by Crippen LogP contribution is 2.30. The van der Waals surface area contributed by atoms with Crippen molar-refractivity contribution >= 4 is 11.7 Å². The molecule has 0 saturated carbocycles. The molecule has 2 heterocycles. The third-order valence-electron chi connectivity index (χ3n) is 2.78. The number of nitrogens with one attached hydrogen (secondary N) is 1. The fourth-order valence-electron chi connectivity index (χ4n) is 1.86. The van der Waals surface area contributed by atoms with Gasteiger partial charge in [0.2, 0.25) is 0 Å². The van der Waals surface area contributed by atoms with Crippen molar-refractivity contribution < 1.29 is 14.9 Å². The highest BCUT2D eigenvalue weighted by Gasteiger charge is 2.35. The van der Waals surface area contributed by atoms with Gasteiger partial charge in [0, 0.05) is 6.42 Å². The highest BCUT2D eigenvalue weighted by atomic mass is 16.5. The predicted molar refractivity (Wildman–Crippen MR) is 59.3 cm³/mol. The first kappa shape index (κ1) is 11.8. The van der Waals surface area contributed by atoms with Gasteiger partial charge in [-0.3, -0.25) is 9.98 Å². The van der Waals surface area contributed by atoms with Crippen molar-refractivity contribution in [2.45, 2.75) is 24.9 Å². The summed E-state index contributed by atoms with van der Waals surface area (Å²) in [6, 6.07) is 0. The van der Waals surface area contributed by atoms with E-state index in [1.807, 2.05) is 0 Å². The first-order chi connectivity index (χ1) is 8.04. The van der Waals surface area contributed by atoms with Crippen LogP contribution < -0.4 is 11.5 Å². The number of nitrogen functional groups attached to an aromatic ring is 2. The molecule has 0 aliphatic carbocycles. The van der Waals surface area contributed by atoms with Crippen molar-refractivity contribution in [1.29, 1.82) is 5.41 Å². The van der Waals surface area contributed by atoms with Crippen molar-refractivity contribution in [3.8, 4) is 0 Å². The van der Waals surface area contributed by atoms with E-state index >= 15 is 0 Å². The molecule has 0 spiro atoms. The standard InChI is InChI=1S/C9H15N5O3/c10-8(11)7-9(12)14(3-13-7)6-1-4(16)5(2-15)17-6/h3-6,15-16H,1-2,12H2,(H3,10,11)/t4-,5+,6+/m0/s1. The van der Waals surface area contributed by atoms with Crippen molar-refractivity contribution in [3.63, 3.8) is 0 Å². The van der Waals surface area contributed by atoms with Gasteiger partial charge < -0.3 is 26.4 Å². The van der Waals surface area contributed by atoms with Crippen molar-refractivity contribution in [2.24, 2.45) is 5.73 Å². The monoisotopic (exact) mass is 241 g/mol. The van der Waals surface area contributed by atoms with E-state index in [9.17, 15) is 5.11 Å². The third kappa shape index (κ3) is 1.97. The van der Waals surface area contributed by atoms with Crippen LogP contribution >= 0.6 is 0 Å². The molecule has 3 atom stereocenters. The largest absolute Gasteiger partial charge is 0.394 e. The van der Waals surface area contributed by atoms with Crippen LogP contribution in [0.5, 0.6) is 0 Å². The van der Waals surface area contributed by atoms with Crippen LogP contribution in [-0.2, 0) is 4.74 Å². The summed E-state index contributed by atoms with van der Waals surface area (Å²) in [5, 5.41) is 25.8. The van der Waals surface area contributed by atoms with E-state index in [0.717, 1.165) is 0 Å². The average Bonchev–Trinajstić information content (AvgIpc) is 2.81. The van der Waals surface area contributed by atoms with Crippen molar-refractivity contribution in [1.82, 2.24) is 9.55 Å². The summed E-state index contributed by atoms with van der Waals surface area (Å²) in [4.78, 5) is 3.90. The van der Waals surface area contributed by atoms with E-state index < -0.39 is 18.4 Å². The number of aliphatic hydroxyl groups excluding tert-OH is 2. The minimum atomic E-state index is -0.743. The quantitative estimate of drug-likeness (QED) is 0.318. The lowest BCUT2D eigenvalue weighted by atomic mass is 10.2. The zero-order valence-electron chi connectivity index (χ0n) is 9.08. The Hall–Kier alpha value is -1.64. The Bertz CT molecular complexity index is 432. The van der Waals surface area contributed by atoms with Gasteiger partial charge in [-0.1, -0.05) is 0 Å².